The molecular weight excluding hydrogens is 395 g/mol. The lowest BCUT2D eigenvalue weighted by Gasteiger charge is -2.21. The van der Waals surface area contributed by atoms with Gasteiger partial charge in [-0.2, -0.15) is 0 Å². The zero-order chi connectivity index (χ0) is 21.3. The Bertz CT molecular complexity index is 1150. The molecule has 0 fully saturated rings. The summed E-state index contributed by atoms with van der Waals surface area (Å²) in [6.45, 7) is 5.72. The maximum Gasteiger partial charge on any atom is 0.319 e. The van der Waals surface area contributed by atoms with Gasteiger partial charge in [0.2, 0.25) is 0 Å². The monoisotopic (exact) mass is 418 g/mol. The first-order valence-corrected chi connectivity index (χ1v) is 11.0. The molecule has 2 aromatic carbocycles. The molecule has 8 heteroatoms. The number of hydrogen-bond donors (Lipinski definition) is 2. The molecule has 0 saturated carbocycles. The highest BCUT2D eigenvalue weighted by Gasteiger charge is 2.25. The van der Waals surface area contributed by atoms with E-state index in [-0.39, 0.29) is 16.6 Å². The van der Waals surface area contributed by atoms with Crippen LogP contribution in [0.4, 0.5) is 14.9 Å². The lowest BCUT2D eigenvalue weighted by molar-refractivity contribution is 0.241. The van der Waals surface area contributed by atoms with E-state index in [1.54, 1.807) is 6.07 Å². The molecule has 0 spiro atoms. The van der Waals surface area contributed by atoms with Gasteiger partial charge < -0.3 is 15.1 Å². The summed E-state index contributed by atoms with van der Waals surface area (Å²) in [5.74, 6) is 0.234. The zero-order valence-corrected chi connectivity index (χ0v) is 17.4. The number of carbonyl (C=O) groups excluding carboxylic acids is 1. The van der Waals surface area contributed by atoms with Crippen LogP contribution in [0.2, 0.25) is 0 Å². The minimum absolute atomic E-state index is 0.0115. The molecule has 0 aliphatic carbocycles. The van der Waals surface area contributed by atoms with Gasteiger partial charge in [-0.15, -0.1) is 0 Å². The maximum atomic E-state index is 13.6. The predicted octanol–water partition coefficient (Wildman–Crippen LogP) is 4.80. The molecule has 29 heavy (non-hydrogen) atoms. The first-order valence-electron chi connectivity index (χ1n) is 9.12. The number of halogens is 1. The molecule has 2 amide bonds. The summed E-state index contributed by atoms with van der Waals surface area (Å²) in [5, 5.41) is 6.25. The van der Waals surface area contributed by atoms with Gasteiger partial charge >= 0.3 is 6.03 Å². The molecule has 1 atom stereocenters. The van der Waals surface area contributed by atoms with Crippen LogP contribution in [-0.4, -0.2) is 20.7 Å². The number of sulfone groups is 1. The van der Waals surface area contributed by atoms with Crippen molar-refractivity contribution in [1.82, 2.24) is 5.32 Å². The van der Waals surface area contributed by atoms with E-state index >= 15 is 0 Å². The van der Waals surface area contributed by atoms with E-state index in [4.69, 9.17) is 4.42 Å². The fraction of sp³-hybridized carbons (Fsp3) is 0.286. The normalized spacial score (nSPS) is 12.9. The van der Waals surface area contributed by atoms with Crippen LogP contribution in [0.3, 0.4) is 0 Å². The van der Waals surface area contributed by atoms with Gasteiger partial charge in [0.1, 0.15) is 17.2 Å². The third kappa shape index (κ3) is 4.59. The average Bonchev–Trinajstić information content (AvgIpc) is 2.95. The largest absolute Gasteiger partial charge is 0.459 e. The molecular formula is C21H23FN2O4S. The quantitative estimate of drug-likeness (QED) is 0.623. The van der Waals surface area contributed by atoms with Crippen LogP contribution < -0.4 is 10.6 Å². The number of urea groups is 1. The number of amides is 2. The number of hydrogen-bond acceptors (Lipinski definition) is 4. The summed E-state index contributed by atoms with van der Waals surface area (Å²) < 4.78 is 42.6. The Balaban J connectivity index is 1.81. The number of benzene rings is 2. The standard InChI is InChI=1S/C21H23FN2O4S/c1-12(2)19(20-13(3)17-11-14(22)5-10-18(17)28-20)24-21(25)23-15-6-8-16(9-7-15)29(4,26)27/h5-12,19H,1-4H3,(H2,23,24,25). The Morgan fingerprint density at radius 2 is 1.76 bits per heavy atom. The lowest BCUT2D eigenvalue weighted by Crippen LogP contribution is -2.35. The van der Waals surface area contributed by atoms with E-state index in [0.29, 0.717) is 22.4 Å². The number of furan rings is 1. The number of carbonyl (C=O) groups is 1. The van der Waals surface area contributed by atoms with Crippen LogP contribution in [0, 0.1) is 18.7 Å². The van der Waals surface area contributed by atoms with Crippen molar-refractivity contribution in [2.45, 2.75) is 31.7 Å². The van der Waals surface area contributed by atoms with E-state index in [1.165, 1.54) is 36.4 Å². The molecule has 1 aromatic heterocycles. The van der Waals surface area contributed by atoms with Gasteiger partial charge in [0, 0.05) is 22.9 Å². The van der Waals surface area contributed by atoms with Crippen molar-refractivity contribution in [2.24, 2.45) is 5.92 Å². The minimum atomic E-state index is -3.30. The Labute approximate surface area is 169 Å². The second kappa shape index (κ2) is 7.87. The highest BCUT2D eigenvalue weighted by Crippen LogP contribution is 2.33. The van der Waals surface area contributed by atoms with Crippen molar-refractivity contribution < 1.29 is 22.0 Å². The molecule has 154 valence electrons. The number of fused-ring (bicyclic) bond motifs is 1. The van der Waals surface area contributed by atoms with Crippen LogP contribution in [0.25, 0.3) is 11.0 Å². The summed E-state index contributed by atoms with van der Waals surface area (Å²) in [7, 11) is -3.30. The van der Waals surface area contributed by atoms with Crippen molar-refractivity contribution in [3.63, 3.8) is 0 Å². The molecule has 3 rings (SSSR count). The van der Waals surface area contributed by atoms with Gasteiger partial charge in [0.15, 0.2) is 9.84 Å². The van der Waals surface area contributed by atoms with E-state index in [2.05, 4.69) is 10.6 Å². The molecule has 2 N–H and O–H groups in total. The number of aryl methyl sites for hydroxylation is 1. The summed E-state index contributed by atoms with van der Waals surface area (Å²) in [4.78, 5) is 12.7. The highest BCUT2D eigenvalue weighted by atomic mass is 32.2. The Morgan fingerprint density at radius 3 is 2.34 bits per heavy atom. The molecule has 0 radical (unpaired) electrons. The topological polar surface area (TPSA) is 88.4 Å². The second-order valence-electron chi connectivity index (χ2n) is 7.35. The van der Waals surface area contributed by atoms with Gasteiger partial charge in [-0.1, -0.05) is 13.8 Å². The number of anilines is 1. The lowest BCUT2D eigenvalue weighted by atomic mass is 9.98. The Hall–Kier alpha value is -2.87. The fourth-order valence-electron chi connectivity index (χ4n) is 3.14. The van der Waals surface area contributed by atoms with Crippen LogP contribution >= 0.6 is 0 Å². The summed E-state index contributed by atoms with van der Waals surface area (Å²) in [5.41, 5.74) is 1.79. The maximum absolute atomic E-state index is 13.6. The highest BCUT2D eigenvalue weighted by molar-refractivity contribution is 7.90. The molecule has 0 bridgehead atoms. The van der Waals surface area contributed by atoms with E-state index in [9.17, 15) is 17.6 Å². The van der Waals surface area contributed by atoms with E-state index < -0.39 is 21.9 Å². The molecule has 3 aromatic rings. The minimum Gasteiger partial charge on any atom is -0.459 e. The van der Waals surface area contributed by atoms with Crippen molar-refractivity contribution >= 4 is 32.5 Å². The van der Waals surface area contributed by atoms with Crippen LogP contribution in [0.1, 0.15) is 31.2 Å². The smallest absolute Gasteiger partial charge is 0.319 e. The van der Waals surface area contributed by atoms with Crippen molar-refractivity contribution in [3.8, 4) is 0 Å². The van der Waals surface area contributed by atoms with Gasteiger partial charge in [0.05, 0.1) is 10.9 Å². The van der Waals surface area contributed by atoms with E-state index in [0.717, 1.165) is 11.8 Å². The van der Waals surface area contributed by atoms with Crippen molar-refractivity contribution in [2.75, 3.05) is 11.6 Å². The Kier molecular flexibility index (Phi) is 5.66. The zero-order valence-electron chi connectivity index (χ0n) is 16.6. The van der Waals surface area contributed by atoms with Gasteiger partial charge in [-0.05, 0) is 55.3 Å². The number of rotatable bonds is 5. The molecule has 0 aliphatic heterocycles. The van der Waals surface area contributed by atoms with Crippen LogP contribution in [0.5, 0.6) is 0 Å². The molecule has 0 saturated heterocycles. The average molecular weight is 418 g/mol. The van der Waals surface area contributed by atoms with Crippen LogP contribution in [0.15, 0.2) is 51.8 Å². The van der Waals surface area contributed by atoms with Crippen molar-refractivity contribution in [1.29, 1.82) is 0 Å². The molecule has 1 heterocycles. The first kappa shape index (κ1) is 20.9. The van der Waals surface area contributed by atoms with Crippen molar-refractivity contribution in [3.05, 3.63) is 59.6 Å². The fourth-order valence-corrected chi connectivity index (χ4v) is 3.77. The summed E-state index contributed by atoms with van der Waals surface area (Å²) in [6, 6.07) is 9.35. The Morgan fingerprint density at radius 1 is 1.10 bits per heavy atom. The first-order chi connectivity index (χ1) is 13.6. The third-order valence-corrected chi connectivity index (χ3v) is 5.84. The molecule has 1 unspecified atom stereocenters. The third-order valence-electron chi connectivity index (χ3n) is 4.71. The second-order valence-corrected chi connectivity index (χ2v) is 9.36. The van der Waals surface area contributed by atoms with Gasteiger partial charge in [-0.25, -0.2) is 17.6 Å². The predicted molar refractivity (Wildman–Crippen MR) is 110 cm³/mol. The SMILES string of the molecule is Cc1c(C(NC(=O)Nc2ccc(S(C)(=O)=O)cc2)C(C)C)oc2ccc(F)cc12. The van der Waals surface area contributed by atoms with Crippen LogP contribution in [-0.2, 0) is 9.84 Å². The molecule has 0 aliphatic rings. The van der Waals surface area contributed by atoms with Gasteiger partial charge in [0.25, 0.3) is 0 Å². The molecule has 6 nitrogen and oxygen atoms in total. The summed E-state index contributed by atoms with van der Waals surface area (Å²) in [6.07, 6.45) is 1.12. The summed E-state index contributed by atoms with van der Waals surface area (Å²) >= 11 is 0. The number of nitrogens with one attached hydrogen (secondary N) is 2. The van der Waals surface area contributed by atoms with E-state index in [1.807, 2.05) is 20.8 Å². The van der Waals surface area contributed by atoms with Gasteiger partial charge in [-0.3, -0.25) is 0 Å².